The summed E-state index contributed by atoms with van der Waals surface area (Å²) in [6.07, 6.45) is 0. The molecule has 1 aromatic carbocycles. The van der Waals surface area contributed by atoms with Gasteiger partial charge in [0.25, 0.3) is 0 Å². The highest BCUT2D eigenvalue weighted by molar-refractivity contribution is 5.81. The third-order valence-corrected chi connectivity index (χ3v) is 1.85. The normalized spacial score (nSPS) is 9.94. The minimum absolute atomic E-state index is 0.167. The number of hydrogen-bond acceptors (Lipinski definition) is 3. The molecule has 0 saturated heterocycles. The molecule has 1 amide bonds. The minimum Gasteiger partial charge on any atom is -0.480 e. The molecular weight excluding hydrogens is 229 g/mol. The van der Waals surface area contributed by atoms with Gasteiger partial charge in [0.05, 0.1) is 6.61 Å². The number of nitrogens with one attached hydrogen (secondary N) is 1. The van der Waals surface area contributed by atoms with E-state index in [-0.39, 0.29) is 19.0 Å². The van der Waals surface area contributed by atoms with Crippen molar-refractivity contribution in [2.45, 2.75) is 6.61 Å². The quantitative estimate of drug-likeness (QED) is 0.762. The van der Waals surface area contributed by atoms with Crippen molar-refractivity contribution >= 4 is 11.9 Å². The van der Waals surface area contributed by atoms with Crippen molar-refractivity contribution in [1.82, 2.24) is 5.32 Å². The van der Waals surface area contributed by atoms with Crippen molar-refractivity contribution < 1.29 is 23.8 Å². The maximum absolute atomic E-state index is 12.6. The Morgan fingerprint density at radius 1 is 1.29 bits per heavy atom. The molecular formula is C11H12FNO4. The molecule has 0 atom stereocenters. The molecule has 0 aromatic heterocycles. The highest BCUT2D eigenvalue weighted by atomic mass is 19.1. The molecule has 0 aliphatic carbocycles. The van der Waals surface area contributed by atoms with Gasteiger partial charge >= 0.3 is 5.97 Å². The van der Waals surface area contributed by atoms with Crippen LogP contribution in [0.25, 0.3) is 0 Å². The largest absolute Gasteiger partial charge is 0.480 e. The number of carboxylic acid groups (broad SMARTS) is 1. The van der Waals surface area contributed by atoms with E-state index in [1.165, 1.54) is 12.1 Å². The lowest BCUT2D eigenvalue weighted by atomic mass is 10.2. The highest BCUT2D eigenvalue weighted by Gasteiger charge is 2.03. The Morgan fingerprint density at radius 3 is 2.53 bits per heavy atom. The number of benzene rings is 1. The third kappa shape index (κ3) is 5.62. The van der Waals surface area contributed by atoms with Gasteiger partial charge in [-0.1, -0.05) is 12.1 Å². The molecule has 0 bridgehead atoms. The number of amides is 1. The predicted octanol–water partition coefficient (Wildman–Crippen LogP) is 0.543. The van der Waals surface area contributed by atoms with E-state index in [9.17, 15) is 14.0 Å². The maximum atomic E-state index is 12.6. The number of hydrogen-bond donors (Lipinski definition) is 2. The summed E-state index contributed by atoms with van der Waals surface area (Å²) in [4.78, 5) is 21.2. The number of ether oxygens (including phenoxy) is 1. The summed E-state index contributed by atoms with van der Waals surface area (Å²) in [6, 6.07) is 5.68. The van der Waals surface area contributed by atoms with Crippen LogP contribution in [0.5, 0.6) is 0 Å². The lowest BCUT2D eigenvalue weighted by Gasteiger charge is -2.04. The van der Waals surface area contributed by atoms with E-state index in [0.717, 1.165) is 5.56 Å². The van der Waals surface area contributed by atoms with Crippen LogP contribution >= 0.6 is 0 Å². The standard InChI is InChI=1S/C11H12FNO4/c12-9-3-1-8(2-4-9)6-17-7-10(14)13-5-11(15)16/h1-4H,5-7H2,(H,13,14)(H,15,16). The van der Waals surface area contributed by atoms with Gasteiger partial charge < -0.3 is 15.2 Å². The van der Waals surface area contributed by atoms with Crippen molar-refractivity contribution in [3.63, 3.8) is 0 Å². The van der Waals surface area contributed by atoms with Gasteiger partial charge in [-0.15, -0.1) is 0 Å². The smallest absolute Gasteiger partial charge is 0.322 e. The van der Waals surface area contributed by atoms with Gasteiger partial charge in [0.2, 0.25) is 5.91 Å². The highest BCUT2D eigenvalue weighted by Crippen LogP contribution is 2.03. The fraction of sp³-hybridized carbons (Fsp3) is 0.273. The summed E-state index contributed by atoms with van der Waals surface area (Å²) in [7, 11) is 0. The first-order valence-electron chi connectivity index (χ1n) is 4.88. The molecule has 0 spiro atoms. The summed E-state index contributed by atoms with van der Waals surface area (Å²) in [5.74, 6) is -1.96. The van der Waals surface area contributed by atoms with Crippen molar-refractivity contribution in [1.29, 1.82) is 0 Å². The van der Waals surface area contributed by atoms with E-state index in [1.807, 2.05) is 0 Å². The van der Waals surface area contributed by atoms with E-state index in [4.69, 9.17) is 9.84 Å². The molecule has 2 N–H and O–H groups in total. The van der Waals surface area contributed by atoms with Crippen LogP contribution in [0.3, 0.4) is 0 Å². The van der Waals surface area contributed by atoms with Crippen LogP contribution in [-0.2, 0) is 20.9 Å². The molecule has 0 aliphatic heterocycles. The second-order valence-corrected chi connectivity index (χ2v) is 3.29. The number of carbonyl (C=O) groups excluding carboxylic acids is 1. The Morgan fingerprint density at radius 2 is 1.94 bits per heavy atom. The fourth-order valence-electron chi connectivity index (χ4n) is 1.07. The van der Waals surface area contributed by atoms with Gasteiger partial charge in [0, 0.05) is 0 Å². The Labute approximate surface area is 97.2 Å². The SMILES string of the molecule is O=C(O)CNC(=O)COCc1ccc(F)cc1. The minimum atomic E-state index is -1.11. The first-order chi connectivity index (χ1) is 8.08. The van der Waals surface area contributed by atoms with E-state index in [0.29, 0.717) is 0 Å². The van der Waals surface area contributed by atoms with E-state index >= 15 is 0 Å². The Balaban J connectivity index is 2.21. The molecule has 6 heteroatoms. The van der Waals surface area contributed by atoms with Crippen LogP contribution in [-0.4, -0.2) is 30.1 Å². The molecule has 0 unspecified atom stereocenters. The lowest BCUT2D eigenvalue weighted by molar-refractivity contribution is -0.138. The summed E-state index contributed by atoms with van der Waals surface area (Å²) in [5.41, 5.74) is 0.734. The number of rotatable bonds is 6. The summed E-state index contributed by atoms with van der Waals surface area (Å²) in [5, 5.41) is 10.5. The molecule has 0 saturated carbocycles. The molecule has 1 aromatic rings. The Kier molecular flexibility index (Phi) is 5.09. The summed E-state index contributed by atoms with van der Waals surface area (Å²) in [6.45, 7) is -0.496. The van der Waals surface area contributed by atoms with Crippen LogP contribution in [0.2, 0.25) is 0 Å². The molecule has 0 fully saturated rings. The maximum Gasteiger partial charge on any atom is 0.322 e. The van der Waals surface area contributed by atoms with E-state index < -0.39 is 18.4 Å². The second-order valence-electron chi connectivity index (χ2n) is 3.29. The van der Waals surface area contributed by atoms with Gasteiger partial charge in [-0.2, -0.15) is 0 Å². The van der Waals surface area contributed by atoms with Gasteiger partial charge in [-0.3, -0.25) is 9.59 Å². The van der Waals surface area contributed by atoms with Crippen molar-refractivity contribution in [2.24, 2.45) is 0 Å². The Hall–Kier alpha value is -1.95. The van der Waals surface area contributed by atoms with Crippen molar-refractivity contribution in [3.8, 4) is 0 Å². The molecule has 17 heavy (non-hydrogen) atoms. The first-order valence-corrected chi connectivity index (χ1v) is 4.88. The molecule has 5 nitrogen and oxygen atoms in total. The summed E-state index contributed by atoms with van der Waals surface area (Å²) >= 11 is 0. The monoisotopic (exact) mass is 241 g/mol. The zero-order valence-corrected chi connectivity index (χ0v) is 8.98. The van der Waals surface area contributed by atoms with Crippen LogP contribution < -0.4 is 5.32 Å². The number of carbonyl (C=O) groups is 2. The van der Waals surface area contributed by atoms with Crippen LogP contribution in [0.15, 0.2) is 24.3 Å². The number of carboxylic acids is 1. The van der Waals surface area contributed by atoms with Crippen molar-refractivity contribution in [2.75, 3.05) is 13.2 Å². The fourth-order valence-corrected chi connectivity index (χ4v) is 1.07. The van der Waals surface area contributed by atoms with Gasteiger partial charge in [0.1, 0.15) is 19.0 Å². The van der Waals surface area contributed by atoms with Crippen molar-refractivity contribution in [3.05, 3.63) is 35.6 Å². The second kappa shape index (κ2) is 6.59. The van der Waals surface area contributed by atoms with Gasteiger partial charge in [-0.25, -0.2) is 4.39 Å². The number of aliphatic carboxylic acids is 1. The Bertz CT molecular complexity index is 391. The van der Waals surface area contributed by atoms with Crippen LogP contribution in [0.4, 0.5) is 4.39 Å². The molecule has 1 rings (SSSR count). The number of halogens is 1. The predicted molar refractivity (Wildman–Crippen MR) is 56.7 cm³/mol. The van der Waals surface area contributed by atoms with Gasteiger partial charge in [-0.05, 0) is 17.7 Å². The van der Waals surface area contributed by atoms with Crippen LogP contribution in [0, 0.1) is 5.82 Å². The molecule has 0 aliphatic rings. The molecule has 0 radical (unpaired) electrons. The average Bonchev–Trinajstić information content (AvgIpc) is 2.29. The molecule has 92 valence electrons. The molecule has 0 heterocycles. The zero-order chi connectivity index (χ0) is 12.7. The van der Waals surface area contributed by atoms with Crippen LogP contribution in [0.1, 0.15) is 5.56 Å². The topological polar surface area (TPSA) is 75.6 Å². The van der Waals surface area contributed by atoms with E-state index in [2.05, 4.69) is 5.32 Å². The first kappa shape index (κ1) is 13.1. The lowest BCUT2D eigenvalue weighted by Crippen LogP contribution is -2.32. The van der Waals surface area contributed by atoms with E-state index in [1.54, 1.807) is 12.1 Å². The zero-order valence-electron chi connectivity index (χ0n) is 8.98. The average molecular weight is 241 g/mol. The van der Waals surface area contributed by atoms with Gasteiger partial charge in [0.15, 0.2) is 0 Å². The summed E-state index contributed by atoms with van der Waals surface area (Å²) < 4.78 is 17.6. The third-order valence-electron chi connectivity index (χ3n) is 1.85.